The van der Waals surface area contributed by atoms with Crippen LogP contribution in [-0.4, -0.2) is 34.0 Å². The van der Waals surface area contributed by atoms with Crippen LogP contribution in [0.3, 0.4) is 0 Å². The second kappa shape index (κ2) is 7.80. The lowest BCUT2D eigenvalue weighted by Crippen LogP contribution is -2.34. The molecule has 8 heteroatoms. The van der Waals surface area contributed by atoms with Gasteiger partial charge in [-0.3, -0.25) is 0 Å². The number of hydrogen-bond acceptors (Lipinski definition) is 3. The van der Waals surface area contributed by atoms with Crippen molar-refractivity contribution in [3.05, 3.63) is 63.9 Å². The summed E-state index contributed by atoms with van der Waals surface area (Å²) in [6.45, 7) is 0.0572. The Kier molecular flexibility index (Phi) is 6.22. The Bertz CT molecular complexity index is 829. The molecule has 2 aromatic rings. The SMILES string of the molecule is CN(C)C(CNS(=O)(=O)c1cc(Cl)ccc1Cl)c1cccc(F)c1. The van der Waals surface area contributed by atoms with Crippen LogP contribution >= 0.6 is 23.2 Å². The highest BCUT2D eigenvalue weighted by atomic mass is 35.5. The molecule has 1 unspecified atom stereocenters. The van der Waals surface area contributed by atoms with Crippen LogP contribution < -0.4 is 4.72 Å². The largest absolute Gasteiger partial charge is 0.301 e. The highest BCUT2D eigenvalue weighted by molar-refractivity contribution is 7.89. The zero-order chi connectivity index (χ0) is 17.9. The quantitative estimate of drug-likeness (QED) is 0.817. The fraction of sp³-hybridized carbons (Fsp3) is 0.250. The first-order chi connectivity index (χ1) is 11.2. The maximum absolute atomic E-state index is 13.4. The molecule has 0 amide bonds. The number of halogens is 3. The van der Waals surface area contributed by atoms with Gasteiger partial charge < -0.3 is 4.90 Å². The minimum absolute atomic E-state index is 0.0572. The molecule has 0 aliphatic rings. The summed E-state index contributed by atoms with van der Waals surface area (Å²) in [5, 5.41) is 0.355. The molecule has 1 atom stereocenters. The fourth-order valence-electron chi connectivity index (χ4n) is 2.26. The van der Waals surface area contributed by atoms with Gasteiger partial charge in [0, 0.05) is 17.6 Å². The van der Waals surface area contributed by atoms with Crippen LogP contribution in [0.15, 0.2) is 47.4 Å². The van der Waals surface area contributed by atoms with Crippen molar-refractivity contribution < 1.29 is 12.8 Å². The van der Waals surface area contributed by atoms with Crippen LogP contribution in [0.4, 0.5) is 4.39 Å². The second-order valence-electron chi connectivity index (χ2n) is 5.46. The molecule has 130 valence electrons. The van der Waals surface area contributed by atoms with Gasteiger partial charge in [-0.05, 0) is 50.0 Å². The predicted molar refractivity (Wildman–Crippen MR) is 94.5 cm³/mol. The van der Waals surface area contributed by atoms with E-state index in [4.69, 9.17) is 23.2 Å². The van der Waals surface area contributed by atoms with E-state index in [9.17, 15) is 12.8 Å². The van der Waals surface area contributed by atoms with E-state index in [1.165, 1.54) is 30.3 Å². The summed E-state index contributed by atoms with van der Waals surface area (Å²) in [7, 11) is -0.271. The maximum Gasteiger partial charge on any atom is 0.242 e. The Morgan fingerprint density at radius 3 is 2.50 bits per heavy atom. The molecule has 0 radical (unpaired) electrons. The van der Waals surface area contributed by atoms with Gasteiger partial charge in [0.2, 0.25) is 10.0 Å². The van der Waals surface area contributed by atoms with Crippen LogP contribution in [0.25, 0.3) is 0 Å². The number of hydrogen-bond donors (Lipinski definition) is 1. The Balaban J connectivity index is 2.24. The summed E-state index contributed by atoms with van der Waals surface area (Å²) in [4.78, 5) is 1.71. The molecule has 0 fully saturated rings. The number of rotatable bonds is 6. The Morgan fingerprint density at radius 1 is 1.17 bits per heavy atom. The summed E-state index contributed by atoms with van der Waals surface area (Å²) in [6, 6.07) is 9.94. The van der Waals surface area contributed by atoms with Gasteiger partial charge in [-0.2, -0.15) is 0 Å². The van der Waals surface area contributed by atoms with Crippen LogP contribution in [0.5, 0.6) is 0 Å². The van der Waals surface area contributed by atoms with Crippen LogP contribution in [-0.2, 0) is 10.0 Å². The van der Waals surface area contributed by atoms with Gasteiger partial charge in [0.1, 0.15) is 10.7 Å². The van der Waals surface area contributed by atoms with Gasteiger partial charge in [-0.15, -0.1) is 0 Å². The highest BCUT2D eigenvalue weighted by Crippen LogP contribution is 2.25. The van der Waals surface area contributed by atoms with Crippen LogP contribution in [0.2, 0.25) is 10.0 Å². The third-order valence-corrected chi connectivity index (χ3v) is 5.65. The summed E-state index contributed by atoms with van der Waals surface area (Å²) in [5.41, 5.74) is 0.667. The smallest absolute Gasteiger partial charge is 0.242 e. The normalized spacial score (nSPS) is 13.2. The van der Waals surface area contributed by atoms with Gasteiger partial charge >= 0.3 is 0 Å². The van der Waals surface area contributed by atoms with E-state index in [1.807, 2.05) is 0 Å². The van der Waals surface area contributed by atoms with Gasteiger partial charge in [0.05, 0.1) is 5.02 Å². The molecule has 0 saturated heterocycles. The van der Waals surface area contributed by atoms with Crippen LogP contribution in [0.1, 0.15) is 11.6 Å². The first kappa shape index (κ1) is 19.1. The van der Waals surface area contributed by atoms with Crippen molar-refractivity contribution in [2.75, 3.05) is 20.6 Å². The Hall–Kier alpha value is -1.18. The molecule has 0 aliphatic heterocycles. The zero-order valence-electron chi connectivity index (χ0n) is 13.1. The van der Waals surface area contributed by atoms with E-state index < -0.39 is 10.0 Å². The van der Waals surface area contributed by atoms with E-state index >= 15 is 0 Å². The molecule has 0 aliphatic carbocycles. The molecule has 2 rings (SSSR count). The summed E-state index contributed by atoms with van der Waals surface area (Å²) < 4.78 is 40.9. The third kappa shape index (κ3) is 4.68. The summed E-state index contributed by atoms with van der Waals surface area (Å²) in [5.74, 6) is -0.375. The third-order valence-electron chi connectivity index (χ3n) is 3.51. The summed E-state index contributed by atoms with van der Waals surface area (Å²) in [6.07, 6.45) is 0. The van der Waals surface area contributed by atoms with Crippen molar-refractivity contribution in [3.8, 4) is 0 Å². The van der Waals surface area contributed by atoms with E-state index in [0.717, 1.165) is 0 Å². The minimum atomic E-state index is -3.85. The van der Waals surface area contributed by atoms with Crippen molar-refractivity contribution in [3.63, 3.8) is 0 Å². The fourth-order valence-corrected chi connectivity index (χ4v) is 4.06. The molecular formula is C16H17Cl2FN2O2S. The Morgan fingerprint density at radius 2 is 1.88 bits per heavy atom. The molecular weight excluding hydrogens is 374 g/mol. The van der Waals surface area contributed by atoms with Gasteiger partial charge in [-0.1, -0.05) is 35.3 Å². The molecule has 0 bridgehead atoms. The zero-order valence-corrected chi connectivity index (χ0v) is 15.5. The van der Waals surface area contributed by atoms with Crippen molar-refractivity contribution in [1.82, 2.24) is 9.62 Å². The van der Waals surface area contributed by atoms with Crippen molar-refractivity contribution in [2.45, 2.75) is 10.9 Å². The highest BCUT2D eigenvalue weighted by Gasteiger charge is 2.22. The van der Waals surface area contributed by atoms with Crippen molar-refractivity contribution in [2.24, 2.45) is 0 Å². The standard InChI is InChI=1S/C16H17Cl2FN2O2S/c1-21(2)15(11-4-3-5-13(19)8-11)10-20-24(22,23)16-9-12(17)6-7-14(16)18/h3-9,15,20H,10H2,1-2H3. The first-order valence-electron chi connectivity index (χ1n) is 7.07. The lowest BCUT2D eigenvalue weighted by molar-refractivity contribution is 0.299. The van der Waals surface area contributed by atoms with E-state index in [-0.39, 0.29) is 33.3 Å². The average Bonchev–Trinajstić information content (AvgIpc) is 2.49. The second-order valence-corrected chi connectivity index (χ2v) is 8.04. The molecule has 0 saturated carbocycles. The number of nitrogens with zero attached hydrogens (tertiary/aromatic N) is 1. The molecule has 1 N–H and O–H groups in total. The van der Waals surface area contributed by atoms with Gasteiger partial charge in [-0.25, -0.2) is 17.5 Å². The topological polar surface area (TPSA) is 49.4 Å². The lowest BCUT2D eigenvalue weighted by Gasteiger charge is -2.25. The maximum atomic E-state index is 13.4. The Labute approximate surface area is 151 Å². The first-order valence-corrected chi connectivity index (χ1v) is 9.31. The molecule has 0 spiro atoms. The van der Waals surface area contributed by atoms with Gasteiger partial charge in [0.25, 0.3) is 0 Å². The predicted octanol–water partition coefficient (Wildman–Crippen LogP) is 3.71. The van der Waals surface area contributed by atoms with E-state index in [2.05, 4.69) is 4.72 Å². The number of nitrogens with one attached hydrogen (secondary N) is 1. The average molecular weight is 391 g/mol. The minimum Gasteiger partial charge on any atom is -0.301 e. The molecule has 24 heavy (non-hydrogen) atoms. The molecule has 2 aromatic carbocycles. The number of likely N-dealkylation sites (N-methyl/N-ethyl adjacent to an activating group) is 1. The molecule has 4 nitrogen and oxygen atoms in total. The molecule has 0 aromatic heterocycles. The van der Waals surface area contributed by atoms with Gasteiger partial charge in [0.15, 0.2) is 0 Å². The van der Waals surface area contributed by atoms with Crippen molar-refractivity contribution >= 4 is 33.2 Å². The van der Waals surface area contributed by atoms with Crippen LogP contribution in [0, 0.1) is 5.82 Å². The summed E-state index contributed by atoms with van der Waals surface area (Å²) >= 11 is 11.8. The lowest BCUT2D eigenvalue weighted by atomic mass is 10.1. The van der Waals surface area contributed by atoms with E-state index in [1.54, 1.807) is 31.1 Å². The van der Waals surface area contributed by atoms with Crippen molar-refractivity contribution in [1.29, 1.82) is 0 Å². The van der Waals surface area contributed by atoms with E-state index in [0.29, 0.717) is 5.56 Å². The number of sulfonamides is 1. The molecule has 0 heterocycles. The monoisotopic (exact) mass is 390 g/mol. The number of benzene rings is 2.